The number of carbonyl (C=O) groups is 1. The summed E-state index contributed by atoms with van der Waals surface area (Å²) in [7, 11) is 1.63. The summed E-state index contributed by atoms with van der Waals surface area (Å²) < 4.78 is 5.39. The van der Waals surface area contributed by atoms with Crippen molar-refractivity contribution in [3.63, 3.8) is 0 Å². The molecule has 0 bridgehead atoms. The van der Waals surface area contributed by atoms with Crippen molar-refractivity contribution in [1.29, 1.82) is 0 Å². The average Bonchev–Trinajstić information content (AvgIpc) is 2.90. The predicted octanol–water partition coefficient (Wildman–Crippen LogP) is 4.86. The second-order valence-electron chi connectivity index (χ2n) is 9.67. The number of benzene rings is 2. The lowest BCUT2D eigenvalue weighted by Crippen LogP contribution is -2.44. The lowest BCUT2D eigenvalue weighted by Gasteiger charge is -2.39. The highest BCUT2D eigenvalue weighted by Crippen LogP contribution is 2.38. The third-order valence-electron chi connectivity index (χ3n) is 7.58. The Kier molecular flexibility index (Phi) is 8.37. The summed E-state index contributed by atoms with van der Waals surface area (Å²) in [5, 5.41) is 21.0. The van der Waals surface area contributed by atoms with Gasteiger partial charge in [0.1, 0.15) is 5.75 Å². The number of carboxylic acids is 1. The largest absolute Gasteiger partial charge is 0.497 e. The first-order valence-electron chi connectivity index (χ1n) is 12.6. The second-order valence-corrected chi connectivity index (χ2v) is 9.67. The summed E-state index contributed by atoms with van der Waals surface area (Å²) in [6.07, 6.45) is 7.34. The van der Waals surface area contributed by atoms with Crippen molar-refractivity contribution in [2.45, 2.75) is 51.6 Å². The van der Waals surface area contributed by atoms with Crippen molar-refractivity contribution in [1.82, 2.24) is 9.88 Å². The van der Waals surface area contributed by atoms with Crippen molar-refractivity contribution in [2.75, 3.05) is 26.7 Å². The Morgan fingerprint density at radius 3 is 2.54 bits per heavy atom. The van der Waals surface area contributed by atoms with Gasteiger partial charge >= 0.3 is 5.97 Å². The fourth-order valence-electron chi connectivity index (χ4n) is 5.36. The van der Waals surface area contributed by atoms with Gasteiger partial charge in [-0.15, -0.1) is 0 Å². The molecule has 6 heteroatoms. The molecular weight excluding hydrogens is 440 g/mol. The number of carboxylic acid groups (broad SMARTS) is 1. The normalized spacial score (nSPS) is 15.8. The van der Waals surface area contributed by atoms with Crippen LogP contribution in [-0.2, 0) is 24.2 Å². The summed E-state index contributed by atoms with van der Waals surface area (Å²) in [5.41, 5.74) is 3.37. The molecule has 0 amide bonds. The lowest BCUT2D eigenvalue weighted by atomic mass is 9.74. The molecule has 186 valence electrons. The summed E-state index contributed by atoms with van der Waals surface area (Å²) in [6, 6.07) is 16.3. The second kappa shape index (κ2) is 11.6. The third kappa shape index (κ3) is 6.00. The fraction of sp³-hybridized carbons (Fsp3) is 0.448. The van der Waals surface area contributed by atoms with E-state index in [0.29, 0.717) is 25.7 Å². The van der Waals surface area contributed by atoms with Crippen molar-refractivity contribution in [2.24, 2.45) is 5.41 Å². The minimum absolute atomic E-state index is 0.0858. The topological polar surface area (TPSA) is 82.9 Å². The van der Waals surface area contributed by atoms with E-state index in [0.717, 1.165) is 66.7 Å². The number of aliphatic hydroxyl groups is 1. The average molecular weight is 477 g/mol. The van der Waals surface area contributed by atoms with Gasteiger partial charge in [-0.3, -0.25) is 9.78 Å². The Labute approximate surface area is 207 Å². The Hall–Kier alpha value is -2.96. The highest BCUT2D eigenvalue weighted by atomic mass is 16.5. The smallest absolute Gasteiger partial charge is 0.309 e. The maximum atomic E-state index is 12.4. The van der Waals surface area contributed by atoms with Gasteiger partial charge in [0.15, 0.2) is 0 Å². The number of aliphatic carboxylic acids is 1. The van der Waals surface area contributed by atoms with Gasteiger partial charge in [-0.25, -0.2) is 0 Å². The Balaban J connectivity index is 1.36. The minimum Gasteiger partial charge on any atom is -0.497 e. The molecule has 2 N–H and O–H groups in total. The molecule has 4 rings (SSSR count). The molecule has 6 nitrogen and oxygen atoms in total. The molecule has 1 aromatic heterocycles. The molecule has 0 atom stereocenters. The zero-order valence-corrected chi connectivity index (χ0v) is 20.6. The number of aryl methyl sites for hydroxylation is 2. The van der Waals surface area contributed by atoms with E-state index >= 15 is 0 Å². The van der Waals surface area contributed by atoms with Crippen LogP contribution >= 0.6 is 0 Å². The van der Waals surface area contributed by atoms with Gasteiger partial charge in [-0.1, -0.05) is 30.3 Å². The number of rotatable bonds is 11. The number of hydrogen-bond acceptors (Lipinski definition) is 5. The van der Waals surface area contributed by atoms with E-state index in [4.69, 9.17) is 4.74 Å². The molecule has 0 unspecified atom stereocenters. The lowest BCUT2D eigenvalue weighted by molar-refractivity contribution is -0.152. The van der Waals surface area contributed by atoms with E-state index in [1.54, 1.807) is 13.3 Å². The van der Waals surface area contributed by atoms with Crippen LogP contribution in [0, 0.1) is 5.41 Å². The Bertz CT molecular complexity index is 1120. The standard InChI is InChI=1S/C29H36N2O4/c1-35-24-11-12-27-26(19-24)25(23(21-32)20-30-27)10-5-13-29(28(33)34)14-17-31(18-15-29)16-6-9-22-7-3-2-4-8-22/h2-4,7-8,11-12,19-20,32H,5-6,9-10,13-18,21H2,1H3,(H,33,34). The Morgan fingerprint density at radius 1 is 1.09 bits per heavy atom. The SMILES string of the molecule is COc1ccc2ncc(CO)c(CCCC3(C(=O)O)CCN(CCCc4ccccc4)CC3)c2c1. The summed E-state index contributed by atoms with van der Waals surface area (Å²) in [5.74, 6) is 0.0716. The van der Waals surface area contributed by atoms with Crippen molar-refractivity contribution in [3.05, 3.63) is 71.4 Å². The van der Waals surface area contributed by atoms with Crippen LogP contribution in [0.25, 0.3) is 10.9 Å². The third-order valence-corrected chi connectivity index (χ3v) is 7.58. The molecule has 2 heterocycles. The van der Waals surface area contributed by atoms with Crippen LogP contribution in [-0.4, -0.2) is 52.8 Å². The summed E-state index contributed by atoms with van der Waals surface area (Å²) in [4.78, 5) is 19.2. The van der Waals surface area contributed by atoms with E-state index in [1.165, 1.54) is 5.56 Å². The highest BCUT2D eigenvalue weighted by Gasteiger charge is 2.40. The maximum absolute atomic E-state index is 12.4. The first kappa shape index (κ1) is 25.1. The van der Waals surface area contributed by atoms with Crippen LogP contribution in [0.1, 0.15) is 48.8 Å². The number of ether oxygens (including phenoxy) is 1. The number of fused-ring (bicyclic) bond motifs is 1. The molecule has 0 aliphatic carbocycles. The number of pyridine rings is 1. The number of piperidine rings is 1. The monoisotopic (exact) mass is 476 g/mol. The van der Waals surface area contributed by atoms with Crippen molar-refractivity contribution in [3.8, 4) is 5.75 Å². The van der Waals surface area contributed by atoms with Crippen LogP contribution in [0.2, 0.25) is 0 Å². The molecule has 0 spiro atoms. The van der Waals surface area contributed by atoms with E-state index in [2.05, 4.69) is 34.1 Å². The molecule has 1 aliphatic heterocycles. The van der Waals surface area contributed by atoms with Crippen LogP contribution in [0.5, 0.6) is 5.75 Å². The minimum atomic E-state index is -0.676. The van der Waals surface area contributed by atoms with Gasteiger partial charge in [0.05, 0.1) is 24.6 Å². The van der Waals surface area contributed by atoms with E-state index in [-0.39, 0.29) is 6.61 Å². The quantitative estimate of drug-likeness (QED) is 0.411. The highest BCUT2D eigenvalue weighted by molar-refractivity contribution is 5.84. The van der Waals surface area contributed by atoms with Crippen molar-refractivity contribution < 1.29 is 19.7 Å². The number of likely N-dealkylation sites (tertiary alicyclic amines) is 1. The molecule has 1 aliphatic rings. The maximum Gasteiger partial charge on any atom is 0.309 e. The number of hydrogen-bond donors (Lipinski definition) is 2. The van der Waals surface area contributed by atoms with Crippen LogP contribution in [0.15, 0.2) is 54.7 Å². The zero-order chi connectivity index (χ0) is 24.7. The van der Waals surface area contributed by atoms with Gasteiger partial charge in [-0.2, -0.15) is 0 Å². The van der Waals surface area contributed by atoms with Crippen LogP contribution in [0.3, 0.4) is 0 Å². The van der Waals surface area contributed by atoms with Gasteiger partial charge in [0.2, 0.25) is 0 Å². The zero-order valence-electron chi connectivity index (χ0n) is 20.6. The first-order chi connectivity index (χ1) is 17.0. The van der Waals surface area contributed by atoms with E-state index < -0.39 is 11.4 Å². The summed E-state index contributed by atoms with van der Waals surface area (Å²) >= 11 is 0. The molecular formula is C29H36N2O4. The molecule has 1 saturated heterocycles. The molecule has 3 aromatic rings. The number of nitrogens with zero attached hydrogens (tertiary/aromatic N) is 2. The van der Waals surface area contributed by atoms with E-state index in [9.17, 15) is 15.0 Å². The fourth-order valence-corrected chi connectivity index (χ4v) is 5.36. The molecule has 0 radical (unpaired) electrons. The van der Waals surface area contributed by atoms with Gasteiger partial charge in [-0.05, 0) is 99.5 Å². The first-order valence-corrected chi connectivity index (χ1v) is 12.6. The van der Waals surface area contributed by atoms with Crippen LogP contribution < -0.4 is 4.74 Å². The molecule has 2 aromatic carbocycles. The molecule has 0 saturated carbocycles. The molecule has 1 fully saturated rings. The van der Waals surface area contributed by atoms with Gasteiger partial charge in [0.25, 0.3) is 0 Å². The van der Waals surface area contributed by atoms with Gasteiger partial charge < -0.3 is 19.8 Å². The summed E-state index contributed by atoms with van der Waals surface area (Å²) in [6.45, 7) is 2.59. The molecule has 35 heavy (non-hydrogen) atoms. The van der Waals surface area contributed by atoms with Crippen LogP contribution in [0.4, 0.5) is 0 Å². The van der Waals surface area contributed by atoms with Crippen molar-refractivity contribution >= 4 is 16.9 Å². The van der Waals surface area contributed by atoms with E-state index in [1.807, 2.05) is 24.3 Å². The number of aromatic nitrogens is 1. The predicted molar refractivity (Wildman–Crippen MR) is 138 cm³/mol. The Morgan fingerprint density at radius 2 is 1.86 bits per heavy atom. The van der Waals surface area contributed by atoms with Gasteiger partial charge in [0, 0.05) is 11.6 Å². The number of methoxy groups -OCH3 is 1. The number of aliphatic hydroxyl groups excluding tert-OH is 1.